The largest absolute Gasteiger partial charge is 0.345 e. The normalized spacial score (nSPS) is 10.4. The number of anilines is 1. The van der Waals surface area contributed by atoms with Crippen LogP contribution in [0.25, 0.3) is 10.4 Å². The summed E-state index contributed by atoms with van der Waals surface area (Å²) in [6, 6.07) is 16.5. The number of hydrogen-bond donors (Lipinski definition) is 1. The summed E-state index contributed by atoms with van der Waals surface area (Å²) in [5.41, 5.74) is 1.92. The molecule has 0 spiro atoms. The second-order valence-electron chi connectivity index (χ2n) is 5.91. The minimum Gasteiger partial charge on any atom is -0.345 e. The van der Waals surface area contributed by atoms with E-state index in [1.807, 2.05) is 6.07 Å². The number of amides is 2. The first-order valence-corrected chi connectivity index (χ1v) is 8.74. The van der Waals surface area contributed by atoms with Crippen LogP contribution in [-0.2, 0) is 0 Å². The minimum absolute atomic E-state index is 0.129. The molecule has 26 heavy (non-hydrogen) atoms. The lowest BCUT2D eigenvalue weighted by Gasteiger charge is -2.11. The van der Waals surface area contributed by atoms with E-state index in [2.05, 4.69) is 5.32 Å². The van der Waals surface area contributed by atoms with Gasteiger partial charge < -0.3 is 10.2 Å². The zero-order valence-electron chi connectivity index (χ0n) is 14.3. The molecule has 3 rings (SSSR count). The molecule has 1 heterocycles. The molecule has 4 nitrogen and oxygen atoms in total. The third kappa shape index (κ3) is 3.97. The van der Waals surface area contributed by atoms with Crippen LogP contribution in [0.4, 0.5) is 10.1 Å². The lowest BCUT2D eigenvalue weighted by Crippen LogP contribution is -2.21. The first-order valence-electron chi connectivity index (χ1n) is 7.93. The van der Waals surface area contributed by atoms with Crippen molar-refractivity contribution >= 4 is 28.8 Å². The van der Waals surface area contributed by atoms with Crippen LogP contribution in [0.2, 0.25) is 0 Å². The maximum atomic E-state index is 13.0. The highest BCUT2D eigenvalue weighted by Crippen LogP contribution is 2.28. The minimum atomic E-state index is -0.296. The Labute approximate surface area is 154 Å². The molecule has 2 amide bonds. The fraction of sp³-hybridized carbons (Fsp3) is 0.100. The topological polar surface area (TPSA) is 49.4 Å². The molecule has 0 saturated heterocycles. The highest BCUT2D eigenvalue weighted by atomic mass is 32.1. The molecular formula is C20H17FN2O2S. The SMILES string of the molecule is CN(C)C(=O)c1cccc(NC(=O)c2ccc(-c3ccc(F)cc3)s2)c1. The molecule has 0 fully saturated rings. The Hall–Kier alpha value is -2.99. The van der Waals surface area contributed by atoms with E-state index in [-0.39, 0.29) is 17.6 Å². The molecule has 1 N–H and O–H groups in total. The highest BCUT2D eigenvalue weighted by Gasteiger charge is 2.13. The molecule has 0 unspecified atom stereocenters. The Morgan fingerprint density at radius 2 is 1.73 bits per heavy atom. The Kier molecular flexibility index (Phi) is 5.14. The van der Waals surface area contributed by atoms with Gasteiger partial charge in [0.05, 0.1) is 4.88 Å². The number of hydrogen-bond acceptors (Lipinski definition) is 3. The molecule has 0 atom stereocenters. The molecule has 3 aromatic rings. The monoisotopic (exact) mass is 368 g/mol. The lowest BCUT2D eigenvalue weighted by atomic mass is 10.2. The summed E-state index contributed by atoms with van der Waals surface area (Å²) < 4.78 is 13.0. The van der Waals surface area contributed by atoms with Gasteiger partial charge in [-0.1, -0.05) is 18.2 Å². The van der Waals surface area contributed by atoms with Gasteiger partial charge in [0.15, 0.2) is 0 Å². The predicted molar refractivity (Wildman–Crippen MR) is 102 cm³/mol. The van der Waals surface area contributed by atoms with Crippen LogP contribution < -0.4 is 5.32 Å². The Balaban J connectivity index is 1.76. The molecule has 0 saturated carbocycles. The Morgan fingerprint density at radius 1 is 1.00 bits per heavy atom. The number of rotatable bonds is 4. The third-order valence-corrected chi connectivity index (χ3v) is 4.87. The van der Waals surface area contributed by atoms with Gasteiger partial charge in [-0.25, -0.2) is 4.39 Å². The summed E-state index contributed by atoms with van der Waals surface area (Å²) in [6.07, 6.45) is 0. The molecule has 1 aromatic heterocycles. The van der Waals surface area contributed by atoms with E-state index in [1.165, 1.54) is 28.4 Å². The first-order chi connectivity index (χ1) is 12.4. The van der Waals surface area contributed by atoms with E-state index in [1.54, 1.807) is 56.6 Å². The fourth-order valence-electron chi connectivity index (χ4n) is 2.41. The van der Waals surface area contributed by atoms with E-state index < -0.39 is 0 Å². The lowest BCUT2D eigenvalue weighted by molar-refractivity contribution is 0.0827. The van der Waals surface area contributed by atoms with Gasteiger partial charge in [0.25, 0.3) is 11.8 Å². The van der Waals surface area contributed by atoms with Crippen molar-refractivity contribution < 1.29 is 14.0 Å². The van der Waals surface area contributed by atoms with E-state index in [9.17, 15) is 14.0 Å². The van der Waals surface area contributed by atoms with Gasteiger partial charge in [0.2, 0.25) is 0 Å². The summed E-state index contributed by atoms with van der Waals surface area (Å²) in [7, 11) is 3.35. The van der Waals surface area contributed by atoms with E-state index in [4.69, 9.17) is 0 Å². The van der Waals surface area contributed by atoms with Gasteiger partial charge in [-0.15, -0.1) is 11.3 Å². The van der Waals surface area contributed by atoms with Crippen molar-refractivity contribution in [2.75, 3.05) is 19.4 Å². The predicted octanol–water partition coefficient (Wildman–Crippen LogP) is 4.51. The Bertz CT molecular complexity index is 948. The fourth-order valence-corrected chi connectivity index (χ4v) is 3.32. The summed E-state index contributed by atoms with van der Waals surface area (Å²) in [6.45, 7) is 0. The summed E-state index contributed by atoms with van der Waals surface area (Å²) >= 11 is 1.32. The summed E-state index contributed by atoms with van der Waals surface area (Å²) in [5, 5.41) is 2.81. The second-order valence-corrected chi connectivity index (χ2v) is 6.99. The van der Waals surface area contributed by atoms with Crippen LogP contribution in [0.1, 0.15) is 20.0 Å². The van der Waals surface area contributed by atoms with Gasteiger partial charge in [-0.05, 0) is 48.0 Å². The Morgan fingerprint density at radius 3 is 2.42 bits per heavy atom. The van der Waals surface area contributed by atoms with Gasteiger partial charge in [-0.2, -0.15) is 0 Å². The van der Waals surface area contributed by atoms with E-state index in [0.717, 1.165) is 10.4 Å². The van der Waals surface area contributed by atoms with Crippen molar-refractivity contribution in [3.8, 4) is 10.4 Å². The number of carbonyl (C=O) groups excluding carboxylic acids is 2. The van der Waals surface area contributed by atoms with Crippen LogP contribution in [0.15, 0.2) is 60.7 Å². The maximum absolute atomic E-state index is 13.0. The van der Waals surface area contributed by atoms with Gasteiger partial charge in [-0.3, -0.25) is 9.59 Å². The maximum Gasteiger partial charge on any atom is 0.265 e. The number of benzene rings is 2. The number of thiophene rings is 1. The summed E-state index contributed by atoms with van der Waals surface area (Å²) in [4.78, 5) is 27.4. The molecule has 132 valence electrons. The molecule has 0 aliphatic carbocycles. The van der Waals surface area contributed by atoms with E-state index >= 15 is 0 Å². The van der Waals surface area contributed by atoms with Crippen molar-refractivity contribution in [2.24, 2.45) is 0 Å². The number of nitrogens with one attached hydrogen (secondary N) is 1. The summed E-state index contributed by atoms with van der Waals surface area (Å²) in [5.74, 6) is -0.677. The molecule has 0 bridgehead atoms. The number of halogens is 1. The molecule has 0 aliphatic heterocycles. The standard InChI is InChI=1S/C20H17FN2O2S/c1-23(2)20(25)14-4-3-5-16(12-14)22-19(24)18-11-10-17(26-18)13-6-8-15(21)9-7-13/h3-12H,1-2H3,(H,22,24). The van der Waals surface area contributed by atoms with Crippen molar-refractivity contribution in [3.05, 3.63) is 76.9 Å². The highest BCUT2D eigenvalue weighted by molar-refractivity contribution is 7.17. The van der Waals surface area contributed by atoms with Crippen molar-refractivity contribution in [1.29, 1.82) is 0 Å². The zero-order valence-corrected chi connectivity index (χ0v) is 15.1. The van der Waals surface area contributed by atoms with Gasteiger partial charge in [0, 0.05) is 30.2 Å². The number of nitrogens with zero attached hydrogens (tertiary/aromatic N) is 1. The van der Waals surface area contributed by atoms with E-state index in [0.29, 0.717) is 16.1 Å². The second kappa shape index (κ2) is 7.49. The van der Waals surface area contributed by atoms with Gasteiger partial charge >= 0.3 is 0 Å². The van der Waals surface area contributed by atoms with Crippen molar-refractivity contribution in [1.82, 2.24) is 4.90 Å². The zero-order chi connectivity index (χ0) is 18.7. The number of carbonyl (C=O) groups is 2. The van der Waals surface area contributed by atoms with Crippen molar-refractivity contribution in [3.63, 3.8) is 0 Å². The molecule has 0 radical (unpaired) electrons. The van der Waals surface area contributed by atoms with Crippen LogP contribution in [0.5, 0.6) is 0 Å². The van der Waals surface area contributed by atoms with Crippen LogP contribution >= 0.6 is 11.3 Å². The average molecular weight is 368 g/mol. The quantitative estimate of drug-likeness (QED) is 0.737. The molecular weight excluding hydrogens is 351 g/mol. The van der Waals surface area contributed by atoms with Crippen LogP contribution in [-0.4, -0.2) is 30.8 Å². The average Bonchev–Trinajstić information content (AvgIpc) is 3.12. The molecule has 2 aromatic carbocycles. The first kappa shape index (κ1) is 17.8. The van der Waals surface area contributed by atoms with Crippen LogP contribution in [0, 0.1) is 5.82 Å². The molecule has 0 aliphatic rings. The van der Waals surface area contributed by atoms with Gasteiger partial charge in [0.1, 0.15) is 5.82 Å². The van der Waals surface area contributed by atoms with Crippen LogP contribution in [0.3, 0.4) is 0 Å². The molecule has 6 heteroatoms. The van der Waals surface area contributed by atoms with Crippen molar-refractivity contribution in [2.45, 2.75) is 0 Å². The third-order valence-electron chi connectivity index (χ3n) is 3.73. The smallest absolute Gasteiger partial charge is 0.265 e.